The Hall–Kier alpha value is -1.95. The highest BCUT2D eigenvalue weighted by atomic mass is 16.5. The van der Waals surface area contributed by atoms with E-state index in [1.165, 1.54) is 0 Å². The highest BCUT2D eigenvalue weighted by Gasteiger charge is 2.43. The first-order valence-electron chi connectivity index (χ1n) is 8.67. The van der Waals surface area contributed by atoms with E-state index in [-0.39, 0.29) is 6.04 Å². The lowest BCUT2D eigenvalue weighted by Crippen LogP contribution is -2.58. The average Bonchev–Trinajstić information content (AvgIpc) is 2.64. The number of benzene rings is 1. The number of pyridine rings is 1. The van der Waals surface area contributed by atoms with Crippen LogP contribution in [0.1, 0.15) is 17.5 Å². The zero-order chi connectivity index (χ0) is 17.9. The topological polar surface area (TPSA) is 48.8 Å². The third-order valence-corrected chi connectivity index (χ3v) is 5.10. The van der Waals surface area contributed by atoms with Crippen molar-refractivity contribution in [1.82, 2.24) is 14.8 Å². The van der Waals surface area contributed by atoms with Crippen LogP contribution in [-0.4, -0.2) is 60.2 Å². The van der Waals surface area contributed by atoms with Crippen LogP contribution in [0.25, 0.3) is 0 Å². The normalized spacial score (nSPS) is 24.4. The van der Waals surface area contributed by atoms with Gasteiger partial charge in [-0.3, -0.25) is 9.88 Å². The van der Waals surface area contributed by atoms with Gasteiger partial charge in [0.15, 0.2) is 0 Å². The Bertz CT molecular complexity index is 692. The van der Waals surface area contributed by atoms with Crippen molar-refractivity contribution in [2.24, 2.45) is 0 Å². The molecule has 0 spiro atoms. The fraction of sp³-hybridized carbons (Fsp3) is 0.450. The van der Waals surface area contributed by atoms with Crippen LogP contribution in [0.5, 0.6) is 5.75 Å². The van der Waals surface area contributed by atoms with Crippen molar-refractivity contribution in [3.05, 3.63) is 59.9 Å². The first kappa shape index (κ1) is 17.9. The molecule has 1 fully saturated rings. The predicted molar refractivity (Wildman–Crippen MR) is 98.5 cm³/mol. The monoisotopic (exact) mass is 341 g/mol. The summed E-state index contributed by atoms with van der Waals surface area (Å²) in [4.78, 5) is 8.74. The summed E-state index contributed by atoms with van der Waals surface area (Å²) in [6, 6.07) is 12.1. The fourth-order valence-electron chi connectivity index (χ4n) is 3.70. The number of likely N-dealkylation sites (tertiary alicyclic amines) is 1. The van der Waals surface area contributed by atoms with Gasteiger partial charge < -0.3 is 14.7 Å². The van der Waals surface area contributed by atoms with E-state index >= 15 is 0 Å². The summed E-state index contributed by atoms with van der Waals surface area (Å²) in [5, 5.41) is 11.4. The zero-order valence-corrected chi connectivity index (χ0v) is 15.2. The number of piperidine rings is 1. The molecule has 134 valence electrons. The van der Waals surface area contributed by atoms with Crippen LogP contribution in [-0.2, 0) is 12.1 Å². The Morgan fingerprint density at radius 1 is 1.28 bits per heavy atom. The van der Waals surface area contributed by atoms with Crippen LogP contribution in [0.15, 0.2) is 48.8 Å². The summed E-state index contributed by atoms with van der Waals surface area (Å²) < 4.78 is 5.27. The van der Waals surface area contributed by atoms with Gasteiger partial charge in [0.25, 0.3) is 0 Å². The number of hydrogen-bond acceptors (Lipinski definition) is 5. The summed E-state index contributed by atoms with van der Waals surface area (Å²) in [6.45, 7) is 2.45. The quantitative estimate of drug-likeness (QED) is 0.903. The predicted octanol–water partition coefficient (Wildman–Crippen LogP) is 2.11. The molecule has 0 unspecified atom stereocenters. The Morgan fingerprint density at radius 3 is 2.72 bits per heavy atom. The van der Waals surface area contributed by atoms with Crippen molar-refractivity contribution in [3.63, 3.8) is 0 Å². The molecule has 1 aromatic carbocycles. The van der Waals surface area contributed by atoms with Gasteiger partial charge in [0.05, 0.1) is 19.3 Å². The first-order valence-corrected chi connectivity index (χ1v) is 8.67. The van der Waals surface area contributed by atoms with Crippen LogP contribution in [0.2, 0.25) is 0 Å². The molecule has 1 saturated heterocycles. The van der Waals surface area contributed by atoms with Crippen molar-refractivity contribution >= 4 is 0 Å². The molecule has 0 bridgehead atoms. The van der Waals surface area contributed by atoms with Crippen molar-refractivity contribution in [2.75, 3.05) is 34.3 Å². The van der Waals surface area contributed by atoms with Crippen molar-refractivity contribution < 1.29 is 9.84 Å². The molecule has 2 aromatic rings. The van der Waals surface area contributed by atoms with Crippen molar-refractivity contribution in [2.45, 2.75) is 24.6 Å². The number of rotatable bonds is 5. The molecule has 5 heteroatoms. The van der Waals surface area contributed by atoms with Crippen LogP contribution >= 0.6 is 0 Å². The number of hydrogen-bond donors (Lipinski definition) is 1. The third-order valence-electron chi connectivity index (χ3n) is 5.10. The molecule has 0 aliphatic carbocycles. The molecule has 1 aliphatic rings. The molecule has 25 heavy (non-hydrogen) atoms. The summed E-state index contributed by atoms with van der Waals surface area (Å²) in [5.41, 5.74) is 1.30. The third kappa shape index (κ3) is 3.84. The minimum absolute atomic E-state index is 0.0298. The number of likely N-dealkylation sites (N-methyl/N-ethyl adjacent to an activating group) is 1. The van der Waals surface area contributed by atoms with E-state index in [4.69, 9.17) is 4.74 Å². The largest absolute Gasteiger partial charge is 0.495 e. The molecule has 1 aliphatic heterocycles. The number of ether oxygens (including phenoxy) is 1. The van der Waals surface area contributed by atoms with E-state index < -0.39 is 5.60 Å². The molecule has 1 aromatic heterocycles. The van der Waals surface area contributed by atoms with Gasteiger partial charge in [0, 0.05) is 25.8 Å². The number of nitrogens with zero attached hydrogens (tertiary/aromatic N) is 3. The minimum Gasteiger partial charge on any atom is -0.495 e. The Kier molecular flexibility index (Phi) is 5.37. The maximum atomic E-state index is 11.4. The first-order chi connectivity index (χ1) is 12.0. The Morgan fingerprint density at radius 2 is 2.04 bits per heavy atom. The van der Waals surface area contributed by atoms with Crippen molar-refractivity contribution in [3.8, 4) is 5.75 Å². The second-order valence-electron chi connectivity index (χ2n) is 6.99. The molecule has 3 rings (SSSR count). The van der Waals surface area contributed by atoms with Gasteiger partial charge in [-0.2, -0.15) is 0 Å². The van der Waals surface area contributed by atoms with Gasteiger partial charge in [0.1, 0.15) is 11.4 Å². The molecular weight excluding hydrogens is 314 g/mol. The maximum absolute atomic E-state index is 11.4. The standard InChI is InChI=1S/C20H27N3O2/c1-22(2)19-15-23(14-16-11-18(25-3)13-21-12-16)10-9-20(19,24)17-7-5-4-6-8-17/h4-8,11-13,19,24H,9-10,14-15H2,1-3H3/t19-,20+/m1/s1. The summed E-state index contributed by atoms with van der Waals surface area (Å²) in [5.74, 6) is 0.777. The zero-order valence-electron chi connectivity index (χ0n) is 15.2. The lowest BCUT2D eigenvalue weighted by Gasteiger charge is -2.47. The van der Waals surface area contributed by atoms with Gasteiger partial charge in [-0.15, -0.1) is 0 Å². The van der Waals surface area contributed by atoms with Gasteiger partial charge in [-0.25, -0.2) is 0 Å². The second kappa shape index (κ2) is 7.52. The average molecular weight is 341 g/mol. The van der Waals surface area contributed by atoms with E-state index in [1.807, 2.05) is 56.7 Å². The lowest BCUT2D eigenvalue weighted by molar-refractivity contribution is -0.0893. The molecular formula is C20H27N3O2. The van der Waals surface area contributed by atoms with E-state index in [9.17, 15) is 5.11 Å². The molecule has 5 nitrogen and oxygen atoms in total. The maximum Gasteiger partial charge on any atom is 0.137 e. The summed E-state index contributed by atoms with van der Waals surface area (Å²) >= 11 is 0. The second-order valence-corrected chi connectivity index (χ2v) is 6.99. The van der Waals surface area contributed by atoms with E-state index in [2.05, 4.69) is 14.8 Å². The minimum atomic E-state index is -0.826. The number of methoxy groups -OCH3 is 1. The Labute approximate surface area is 149 Å². The van der Waals surface area contributed by atoms with Gasteiger partial charge in [0.2, 0.25) is 0 Å². The van der Waals surface area contributed by atoms with Crippen LogP contribution in [0, 0.1) is 0 Å². The molecule has 1 N–H and O–H groups in total. The highest BCUT2D eigenvalue weighted by molar-refractivity contribution is 5.27. The molecule has 0 radical (unpaired) electrons. The van der Waals surface area contributed by atoms with Gasteiger partial charge in [-0.05, 0) is 37.7 Å². The van der Waals surface area contributed by atoms with Crippen LogP contribution < -0.4 is 4.74 Å². The SMILES string of the molecule is COc1cncc(CN2CC[C@](O)(c3ccccc3)[C@H](N(C)C)C2)c1. The van der Waals surface area contributed by atoms with Gasteiger partial charge >= 0.3 is 0 Å². The van der Waals surface area contributed by atoms with E-state index in [0.717, 1.165) is 36.5 Å². The van der Waals surface area contributed by atoms with Crippen LogP contribution in [0.3, 0.4) is 0 Å². The number of aromatic nitrogens is 1. The molecule has 2 heterocycles. The summed E-state index contributed by atoms with van der Waals surface area (Å²) in [7, 11) is 5.73. The van der Waals surface area contributed by atoms with Crippen molar-refractivity contribution in [1.29, 1.82) is 0 Å². The van der Waals surface area contributed by atoms with Gasteiger partial charge in [-0.1, -0.05) is 30.3 Å². The number of aliphatic hydroxyl groups is 1. The summed E-state index contributed by atoms with van der Waals surface area (Å²) in [6.07, 6.45) is 4.30. The lowest BCUT2D eigenvalue weighted by atomic mass is 9.79. The smallest absolute Gasteiger partial charge is 0.137 e. The molecule has 0 saturated carbocycles. The fourth-order valence-corrected chi connectivity index (χ4v) is 3.70. The molecule has 0 amide bonds. The van der Waals surface area contributed by atoms with Crippen LogP contribution in [0.4, 0.5) is 0 Å². The molecule has 2 atom stereocenters. The highest BCUT2D eigenvalue weighted by Crippen LogP contribution is 2.35. The van der Waals surface area contributed by atoms with E-state index in [0.29, 0.717) is 6.42 Å². The van der Waals surface area contributed by atoms with E-state index in [1.54, 1.807) is 13.3 Å². The Balaban J connectivity index is 1.77.